The minimum atomic E-state index is -0.728. The van der Waals surface area contributed by atoms with Crippen molar-refractivity contribution in [3.05, 3.63) is 69.1 Å². The molecule has 0 saturated carbocycles. The highest BCUT2D eigenvalue weighted by Gasteiger charge is 2.41. The summed E-state index contributed by atoms with van der Waals surface area (Å²) in [7, 11) is 4.67. The zero-order valence-electron chi connectivity index (χ0n) is 37.7. The molecule has 342 valence electrons. The van der Waals surface area contributed by atoms with Crippen molar-refractivity contribution in [2.24, 2.45) is 5.92 Å². The Hall–Kier alpha value is -5.94. The first-order chi connectivity index (χ1) is 30.7. The molecule has 17 nitrogen and oxygen atoms in total. The number of anilines is 4. The number of benzene rings is 2. The molecule has 1 atom stereocenters. The lowest BCUT2D eigenvalue weighted by molar-refractivity contribution is -0.125. The van der Waals surface area contributed by atoms with Crippen LogP contribution in [0.25, 0.3) is 10.9 Å². The van der Waals surface area contributed by atoms with Gasteiger partial charge in [-0.25, -0.2) is 4.98 Å². The first-order valence-corrected chi connectivity index (χ1v) is 22.3. The van der Waals surface area contributed by atoms with Crippen molar-refractivity contribution in [2.75, 3.05) is 82.2 Å². The molecule has 64 heavy (non-hydrogen) atoms. The highest BCUT2D eigenvalue weighted by atomic mass is 35.5. The highest BCUT2D eigenvalue weighted by molar-refractivity contribution is 6.33. The molecule has 1 unspecified atom stereocenters. The number of nitrogens with zero attached hydrogens (tertiary/aromatic N) is 7. The van der Waals surface area contributed by atoms with Gasteiger partial charge in [0.2, 0.25) is 11.9 Å². The van der Waals surface area contributed by atoms with E-state index in [1.165, 1.54) is 14.1 Å². The maximum atomic E-state index is 13.5. The van der Waals surface area contributed by atoms with E-state index in [1.807, 2.05) is 38.1 Å². The van der Waals surface area contributed by atoms with Crippen LogP contribution in [0.15, 0.2) is 47.4 Å². The lowest BCUT2D eigenvalue weighted by Gasteiger charge is -2.50. The first kappa shape index (κ1) is 46.1. The van der Waals surface area contributed by atoms with E-state index in [9.17, 15) is 24.0 Å². The van der Waals surface area contributed by atoms with Gasteiger partial charge < -0.3 is 49.5 Å². The minimum Gasteiger partial charge on any atom is -0.495 e. The fourth-order valence-corrected chi connectivity index (χ4v) is 9.51. The number of methoxy groups -OCH3 is 1. The number of aldehydes is 1. The molecule has 2 saturated heterocycles. The van der Waals surface area contributed by atoms with Crippen molar-refractivity contribution < 1.29 is 28.7 Å². The van der Waals surface area contributed by atoms with E-state index in [0.29, 0.717) is 46.3 Å². The van der Waals surface area contributed by atoms with Crippen LogP contribution in [0, 0.1) is 5.92 Å². The molecule has 3 aliphatic heterocycles. The molecule has 2 aromatic heterocycles. The summed E-state index contributed by atoms with van der Waals surface area (Å²) in [6, 6.07) is 10.2. The first-order valence-electron chi connectivity index (χ1n) is 21.9. The molecule has 3 amide bonds. The van der Waals surface area contributed by atoms with Gasteiger partial charge >= 0.3 is 0 Å². The van der Waals surface area contributed by atoms with E-state index in [2.05, 4.69) is 49.5 Å². The number of piperidine rings is 1. The number of likely N-dealkylation sites (N-methyl/N-ethyl adjacent to an activating group) is 2. The van der Waals surface area contributed by atoms with E-state index in [4.69, 9.17) is 26.1 Å². The summed E-state index contributed by atoms with van der Waals surface area (Å²) < 4.78 is 13.1. The standard InChI is InChI=1S/C46H59ClN10O7/c1-28(2)57-35-11-10-32(21-29(35)23-39(44(57)62)64-27-40(59)48-5)51-41-34(47)25-50-45(52-41)54-16-18-55(19-17-54)46(3,4)31-12-14-53(15-13-31)37-22-30-26-56(36(9-8-20-58)42(60)49-6)43(61)33(30)24-38(37)63-7/h10-11,20-25,28,31,36H,8-9,12-19,26-27H2,1-7H3,(H,48,59)(H,49,60)(H,50,51,52). The van der Waals surface area contributed by atoms with Crippen molar-refractivity contribution in [3.63, 3.8) is 0 Å². The molecule has 0 aliphatic carbocycles. The molecule has 18 heteroatoms. The predicted octanol–water partition coefficient (Wildman–Crippen LogP) is 4.77. The quantitative estimate of drug-likeness (QED) is 0.131. The molecule has 3 N–H and O–H groups in total. The number of fused-ring (bicyclic) bond motifs is 2. The number of carbonyl (C=O) groups is 4. The Kier molecular flexibility index (Phi) is 14.0. The molecule has 0 radical (unpaired) electrons. The fraction of sp³-hybridized carbons (Fsp3) is 0.500. The maximum absolute atomic E-state index is 13.5. The summed E-state index contributed by atoms with van der Waals surface area (Å²) in [6.07, 6.45) is 4.79. The molecule has 3 aliphatic rings. The van der Waals surface area contributed by atoms with Gasteiger partial charge in [0.1, 0.15) is 23.1 Å². The second-order valence-electron chi connectivity index (χ2n) is 17.4. The van der Waals surface area contributed by atoms with Gasteiger partial charge in [0.05, 0.1) is 24.5 Å². The average Bonchev–Trinajstić information content (AvgIpc) is 3.62. The summed E-state index contributed by atoms with van der Waals surface area (Å²) in [4.78, 5) is 80.7. The van der Waals surface area contributed by atoms with Crippen molar-refractivity contribution in [1.82, 2.24) is 35.0 Å². The molecule has 2 fully saturated rings. The second kappa shape index (κ2) is 19.4. The van der Waals surface area contributed by atoms with Crippen molar-refractivity contribution >= 4 is 69.7 Å². The largest absolute Gasteiger partial charge is 0.495 e. The number of hydrogen-bond donors (Lipinski definition) is 3. The summed E-state index contributed by atoms with van der Waals surface area (Å²) in [5, 5.41) is 9.61. The summed E-state index contributed by atoms with van der Waals surface area (Å²) >= 11 is 6.65. The Labute approximate surface area is 378 Å². The van der Waals surface area contributed by atoms with Crippen LogP contribution in [-0.4, -0.2) is 127 Å². The van der Waals surface area contributed by atoms with Gasteiger partial charge in [0, 0.05) is 94.5 Å². The van der Waals surface area contributed by atoms with Gasteiger partial charge in [0.15, 0.2) is 18.2 Å². The summed E-state index contributed by atoms with van der Waals surface area (Å²) in [6.45, 7) is 13.4. The molecular formula is C46H59ClN10O7. The molecule has 0 spiro atoms. The van der Waals surface area contributed by atoms with E-state index in [-0.39, 0.29) is 60.1 Å². The zero-order valence-corrected chi connectivity index (χ0v) is 38.5. The van der Waals surface area contributed by atoms with Gasteiger partial charge in [0.25, 0.3) is 17.4 Å². The van der Waals surface area contributed by atoms with Crippen molar-refractivity contribution in [2.45, 2.75) is 77.5 Å². The minimum absolute atomic E-state index is 0.0684. The number of hydrogen-bond acceptors (Lipinski definition) is 13. The smallest absolute Gasteiger partial charge is 0.293 e. The Morgan fingerprint density at radius 1 is 0.969 bits per heavy atom. The highest BCUT2D eigenvalue weighted by Crippen LogP contribution is 2.41. The lowest BCUT2D eigenvalue weighted by atomic mass is 9.78. The molecule has 5 heterocycles. The van der Waals surface area contributed by atoms with E-state index in [0.717, 1.165) is 80.6 Å². The number of halogens is 1. The Bertz CT molecular complexity index is 2460. The summed E-state index contributed by atoms with van der Waals surface area (Å²) in [5.74, 6) is 1.34. The molecule has 4 aromatic rings. The van der Waals surface area contributed by atoms with Gasteiger partial charge in [-0.1, -0.05) is 11.6 Å². The Morgan fingerprint density at radius 2 is 1.70 bits per heavy atom. The number of nitrogens with one attached hydrogen (secondary N) is 3. The normalized spacial score (nSPS) is 16.5. The average molecular weight is 899 g/mol. The van der Waals surface area contributed by atoms with Gasteiger partial charge in [-0.2, -0.15) is 4.98 Å². The van der Waals surface area contributed by atoms with Crippen LogP contribution < -0.4 is 40.8 Å². The van der Waals surface area contributed by atoms with Crippen LogP contribution in [0.1, 0.15) is 75.3 Å². The van der Waals surface area contributed by atoms with Crippen LogP contribution in [0.3, 0.4) is 0 Å². The third kappa shape index (κ3) is 9.32. The monoisotopic (exact) mass is 898 g/mol. The number of rotatable bonds is 16. The van der Waals surface area contributed by atoms with Crippen molar-refractivity contribution in [3.8, 4) is 11.5 Å². The lowest BCUT2D eigenvalue weighted by Crippen LogP contribution is -2.59. The predicted molar refractivity (Wildman–Crippen MR) is 247 cm³/mol. The van der Waals surface area contributed by atoms with Gasteiger partial charge in [-0.05, 0) is 94.8 Å². The zero-order chi connectivity index (χ0) is 45.9. The van der Waals surface area contributed by atoms with Crippen LogP contribution >= 0.6 is 11.6 Å². The number of amides is 3. The van der Waals surface area contributed by atoms with E-state index in [1.54, 1.807) is 34.9 Å². The number of carbonyl (C=O) groups excluding carboxylic acids is 4. The number of ether oxygens (including phenoxy) is 2. The van der Waals surface area contributed by atoms with Crippen molar-refractivity contribution in [1.29, 1.82) is 0 Å². The van der Waals surface area contributed by atoms with E-state index < -0.39 is 6.04 Å². The summed E-state index contributed by atoms with van der Waals surface area (Å²) in [5.41, 5.74) is 3.38. The Balaban J connectivity index is 0.983. The van der Waals surface area contributed by atoms with Crippen LogP contribution in [0.2, 0.25) is 5.02 Å². The van der Waals surface area contributed by atoms with Crippen LogP contribution in [-0.2, 0) is 20.9 Å². The topological polar surface area (TPSA) is 184 Å². The van der Waals surface area contributed by atoms with Crippen LogP contribution in [0.5, 0.6) is 11.5 Å². The van der Waals surface area contributed by atoms with Gasteiger partial charge in [-0.3, -0.25) is 24.1 Å². The number of aromatic nitrogens is 3. The second-order valence-corrected chi connectivity index (χ2v) is 17.8. The molecular weight excluding hydrogens is 840 g/mol. The van der Waals surface area contributed by atoms with E-state index >= 15 is 0 Å². The Morgan fingerprint density at radius 3 is 2.36 bits per heavy atom. The third-order valence-electron chi connectivity index (χ3n) is 13.1. The van der Waals surface area contributed by atoms with Gasteiger partial charge in [-0.15, -0.1) is 0 Å². The molecule has 0 bridgehead atoms. The fourth-order valence-electron chi connectivity index (χ4n) is 9.37. The molecule has 2 aromatic carbocycles. The number of piperazine rings is 1. The third-order valence-corrected chi connectivity index (χ3v) is 13.4. The van der Waals surface area contributed by atoms with Crippen LogP contribution in [0.4, 0.5) is 23.1 Å². The number of pyridine rings is 1. The molecule has 7 rings (SSSR count). The maximum Gasteiger partial charge on any atom is 0.293 e. The SMILES string of the molecule is CNC(=O)COc1cc2cc(Nc3nc(N4CCN(C(C)(C)C5CCN(c6cc7c(cc6OC)C(=O)N(C(CCC=O)C(=O)NC)C7)CC5)CC4)ncc3Cl)ccc2n(C(C)C)c1=O.